The van der Waals surface area contributed by atoms with Gasteiger partial charge in [0.2, 0.25) is 0 Å². The molecule has 1 aromatic carbocycles. The average Bonchev–Trinajstić information content (AvgIpc) is 2.64. The second-order valence-electron chi connectivity index (χ2n) is 3.86. The number of hydrogen-bond acceptors (Lipinski definition) is 3. The van der Waals surface area contributed by atoms with Gasteiger partial charge in [0.25, 0.3) is 5.56 Å². The summed E-state index contributed by atoms with van der Waals surface area (Å²) in [5.74, 6) is -0.944. The van der Waals surface area contributed by atoms with E-state index in [1.54, 1.807) is 12.1 Å². The van der Waals surface area contributed by atoms with Gasteiger partial charge < -0.3 is 5.11 Å². The highest BCUT2D eigenvalue weighted by Crippen LogP contribution is 2.22. The van der Waals surface area contributed by atoms with Gasteiger partial charge in [0, 0.05) is 0 Å². The number of carboxylic acids is 1. The average molecular weight is 251 g/mol. The first kappa shape index (κ1) is 11.9. The molecule has 4 nitrogen and oxygen atoms in total. The van der Waals surface area contributed by atoms with Crippen LogP contribution >= 0.6 is 11.5 Å². The number of aromatic nitrogens is 1. The molecule has 2 aromatic rings. The van der Waals surface area contributed by atoms with Crippen molar-refractivity contribution in [3.63, 3.8) is 0 Å². The summed E-state index contributed by atoms with van der Waals surface area (Å²) in [5.41, 5.74) is -0.202. The lowest BCUT2D eigenvalue weighted by molar-refractivity contribution is -0.140. The van der Waals surface area contributed by atoms with E-state index in [1.807, 2.05) is 19.1 Å². The predicted molar refractivity (Wildman–Crippen MR) is 67.7 cm³/mol. The Morgan fingerprint density at radius 2 is 2.18 bits per heavy atom. The Kier molecular flexibility index (Phi) is 3.28. The van der Waals surface area contributed by atoms with Crippen LogP contribution in [0, 0.1) is 0 Å². The van der Waals surface area contributed by atoms with E-state index < -0.39 is 12.0 Å². The Balaban J connectivity index is 2.57. The highest BCUT2D eigenvalue weighted by Gasteiger charge is 2.22. The van der Waals surface area contributed by atoms with E-state index in [2.05, 4.69) is 0 Å². The van der Waals surface area contributed by atoms with Gasteiger partial charge in [0.1, 0.15) is 6.04 Å². The van der Waals surface area contributed by atoms with Crippen molar-refractivity contribution in [2.45, 2.75) is 25.8 Å². The molecule has 2 rings (SSSR count). The van der Waals surface area contributed by atoms with Crippen molar-refractivity contribution in [1.82, 2.24) is 3.96 Å². The van der Waals surface area contributed by atoms with Gasteiger partial charge in [0.15, 0.2) is 0 Å². The Labute approximate surface area is 102 Å². The first-order valence-electron chi connectivity index (χ1n) is 5.48. The van der Waals surface area contributed by atoms with Gasteiger partial charge in [-0.05, 0) is 18.6 Å². The summed E-state index contributed by atoms with van der Waals surface area (Å²) < 4.78 is 2.20. The molecule has 0 aliphatic carbocycles. The summed E-state index contributed by atoms with van der Waals surface area (Å²) in [6, 6.07) is 6.46. The lowest BCUT2D eigenvalue weighted by Gasteiger charge is -2.10. The van der Waals surface area contributed by atoms with Crippen LogP contribution in [0.4, 0.5) is 0 Å². The lowest BCUT2D eigenvalue weighted by Crippen LogP contribution is -2.25. The molecule has 0 saturated carbocycles. The quantitative estimate of drug-likeness (QED) is 0.908. The summed E-state index contributed by atoms with van der Waals surface area (Å²) in [4.78, 5) is 23.2. The van der Waals surface area contributed by atoms with Crippen LogP contribution < -0.4 is 5.56 Å². The van der Waals surface area contributed by atoms with E-state index in [1.165, 1.54) is 15.5 Å². The van der Waals surface area contributed by atoms with E-state index in [0.29, 0.717) is 11.8 Å². The smallest absolute Gasteiger partial charge is 0.327 e. The molecule has 0 aliphatic rings. The van der Waals surface area contributed by atoms with Gasteiger partial charge in [-0.15, -0.1) is 0 Å². The molecule has 0 bridgehead atoms. The third kappa shape index (κ3) is 2.10. The van der Waals surface area contributed by atoms with E-state index in [-0.39, 0.29) is 5.56 Å². The topological polar surface area (TPSA) is 59.3 Å². The molecule has 0 fully saturated rings. The Morgan fingerprint density at radius 1 is 1.47 bits per heavy atom. The molecule has 0 aliphatic heterocycles. The standard InChI is InChI=1S/C12H13NO3S/c1-2-5-9(12(15)16)13-11(14)8-6-3-4-7-10(8)17-13/h3-4,6-7,9H,2,5H2,1H3,(H,15,16). The molecule has 1 N–H and O–H groups in total. The third-order valence-electron chi connectivity index (χ3n) is 2.64. The maximum atomic E-state index is 12.1. The molecule has 0 radical (unpaired) electrons. The normalized spacial score (nSPS) is 12.8. The zero-order chi connectivity index (χ0) is 12.4. The predicted octanol–water partition coefficient (Wildman–Crippen LogP) is 2.49. The zero-order valence-corrected chi connectivity index (χ0v) is 10.2. The number of rotatable bonds is 4. The third-order valence-corrected chi connectivity index (χ3v) is 3.81. The zero-order valence-electron chi connectivity index (χ0n) is 9.42. The van der Waals surface area contributed by atoms with E-state index >= 15 is 0 Å². The van der Waals surface area contributed by atoms with Crippen LogP contribution in [0.3, 0.4) is 0 Å². The maximum Gasteiger partial charge on any atom is 0.327 e. The largest absolute Gasteiger partial charge is 0.480 e. The van der Waals surface area contributed by atoms with Crippen LogP contribution in [0.25, 0.3) is 10.1 Å². The van der Waals surface area contributed by atoms with Crippen LogP contribution in [0.1, 0.15) is 25.8 Å². The van der Waals surface area contributed by atoms with Crippen LogP contribution in [-0.2, 0) is 4.79 Å². The fraction of sp³-hybridized carbons (Fsp3) is 0.333. The number of aliphatic carboxylic acids is 1. The van der Waals surface area contributed by atoms with Crippen LogP contribution in [0.15, 0.2) is 29.1 Å². The molecular weight excluding hydrogens is 238 g/mol. The monoisotopic (exact) mass is 251 g/mol. The van der Waals surface area contributed by atoms with Crippen molar-refractivity contribution >= 4 is 27.6 Å². The van der Waals surface area contributed by atoms with Crippen molar-refractivity contribution in [2.75, 3.05) is 0 Å². The van der Waals surface area contributed by atoms with Gasteiger partial charge in [-0.25, -0.2) is 8.75 Å². The number of nitrogens with zero attached hydrogens (tertiary/aromatic N) is 1. The SMILES string of the molecule is CCCC(C(=O)O)n1sc2ccccc2c1=O. The molecule has 1 atom stereocenters. The lowest BCUT2D eigenvalue weighted by atomic mass is 10.2. The number of fused-ring (bicyclic) bond motifs is 1. The minimum absolute atomic E-state index is 0.202. The fourth-order valence-electron chi connectivity index (χ4n) is 1.81. The second kappa shape index (κ2) is 4.71. The van der Waals surface area contributed by atoms with Gasteiger partial charge in [-0.1, -0.05) is 37.0 Å². The summed E-state index contributed by atoms with van der Waals surface area (Å²) in [5, 5.41) is 9.75. The molecule has 90 valence electrons. The molecule has 1 heterocycles. The molecule has 1 unspecified atom stereocenters. The molecule has 5 heteroatoms. The summed E-state index contributed by atoms with van der Waals surface area (Å²) in [6.45, 7) is 1.91. The number of carboxylic acid groups (broad SMARTS) is 1. The van der Waals surface area contributed by atoms with Gasteiger partial charge in [-0.2, -0.15) is 0 Å². The van der Waals surface area contributed by atoms with Crippen molar-refractivity contribution < 1.29 is 9.90 Å². The van der Waals surface area contributed by atoms with Crippen molar-refractivity contribution in [3.8, 4) is 0 Å². The summed E-state index contributed by atoms with van der Waals surface area (Å²) in [6.07, 6.45) is 1.21. The molecule has 17 heavy (non-hydrogen) atoms. The first-order chi connectivity index (χ1) is 8.15. The molecule has 0 saturated heterocycles. The highest BCUT2D eigenvalue weighted by molar-refractivity contribution is 7.13. The molecule has 0 spiro atoms. The van der Waals surface area contributed by atoms with Gasteiger partial charge in [0.05, 0.1) is 10.1 Å². The van der Waals surface area contributed by atoms with Crippen LogP contribution in [0.5, 0.6) is 0 Å². The summed E-state index contributed by atoms with van der Waals surface area (Å²) in [7, 11) is 0. The van der Waals surface area contributed by atoms with Gasteiger partial charge in [-0.3, -0.25) is 4.79 Å². The summed E-state index contributed by atoms with van der Waals surface area (Å²) >= 11 is 1.22. The first-order valence-corrected chi connectivity index (χ1v) is 6.26. The molecule has 1 aromatic heterocycles. The second-order valence-corrected chi connectivity index (χ2v) is 4.88. The Hall–Kier alpha value is -1.62. The van der Waals surface area contributed by atoms with Crippen molar-refractivity contribution in [2.24, 2.45) is 0 Å². The van der Waals surface area contributed by atoms with Gasteiger partial charge >= 0.3 is 5.97 Å². The molecule has 0 amide bonds. The van der Waals surface area contributed by atoms with Crippen molar-refractivity contribution in [3.05, 3.63) is 34.6 Å². The fourth-order valence-corrected chi connectivity index (χ4v) is 2.92. The minimum Gasteiger partial charge on any atom is -0.480 e. The molecular formula is C12H13NO3S. The number of carbonyl (C=O) groups is 1. The van der Waals surface area contributed by atoms with Crippen molar-refractivity contribution in [1.29, 1.82) is 0 Å². The number of hydrogen-bond donors (Lipinski definition) is 1. The minimum atomic E-state index is -0.944. The van der Waals surface area contributed by atoms with E-state index in [0.717, 1.165) is 11.1 Å². The van der Waals surface area contributed by atoms with Crippen LogP contribution in [-0.4, -0.2) is 15.0 Å². The maximum absolute atomic E-state index is 12.1. The number of benzene rings is 1. The Morgan fingerprint density at radius 3 is 2.76 bits per heavy atom. The Bertz CT molecular complexity index is 599. The highest BCUT2D eigenvalue weighted by atomic mass is 32.1. The van der Waals surface area contributed by atoms with E-state index in [4.69, 9.17) is 5.11 Å². The van der Waals surface area contributed by atoms with E-state index in [9.17, 15) is 9.59 Å². The van der Waals surface area contributed by atoms with Crippen LogP contribution in [0.2, 0.25) is 0 Å².